The normalized spacial score (nSPS) is 14.8. The summed E-state index contributed by atoms with van der Waals surface area (Å²) in [5, 5.41) is 9.54. The highest BCUT2D eigenvalue weighted by Crippen LogP contribution is 2.14. The number of nitrogens with one attached hydrogen (secondary N) is 3. The zero-order valence-corrected chi connectivity index (χ0v) is 21.4. The molecular formula is C23H39IN4O3. The van der Waals surface area contributed by atoms with Crippen molar-refractivity contribution in [3.63, 3.8) is 0 Å². The molecule has 1 aliphatic rings. The molecule has 0 radical (unpaired) electrons. The predicted octanol–water partition coefficient (Wildman–Crippen LogP) is 3.79. The fourth-order valence-electron chi connectivity index (χ4n) is 3.04. The molecule has 1 saturated heterocycles. The molecule has 0 atom stereocenters. The van der Waals surface area contributed by atoms with Crippen molar-refractivity contribution < 1.29 is 14.3 Å². The Kier molecular flexibility index (Phi) is 14.5. The molecule has 0 bridgehead atoms. The Morgan fingerprint density at radius 3 is 2.55 bits per heavy atom. The van der Waals surface area contributed by atoms with Crippen molar-refractivity contribution in [1.82, 2.24) is 10.6 Å². The van der Waals surface area contributed by atoms with E-state index in [-0.39, 0.29) is 35.8 Å². The molecule has 0 saturated carbocycles. The number of rotatable bonds is 11. The standard InChI is InChI=1S/C23H38N4O3.HI/c1-4-24-23(25-12-5-13-30-17-20-10-14-29-15-11-20)26-16-19-6-8-21(9-7-19)27-22(28)18(2)3;/h6-9,18,20H,4-5,10-17H2,1-3H3,(H,27,28)(H2,24,25,26);1H. The van der Waals surface area contributed by atoms with E-state index in [4.69, 9.17) is 9.47 Å². The number of ether oxygens (including phenoxy) is 2. The van der Waals surface area contributed by atoms with Gasteiger partial charge < -0.3 is 25.4 Å². The van der Waals surface area contributed by atoms with Gasteiger partial charge in [-0.2, -0.15) is 0 Å². The van der Waals surface area contributed by atoms with E-state index in [9.17, 15) is 4.79 Å². The summed E-state index contributed by atoms with van der Waals surface area (Å²) in [6.07, 6.45) is 3.17. The van der Waals surface area contributed by atoms with Crippen LogP contribution in [-0.2, 0) is 20.8 Å². The van der Waals surface area contributed by atoms with Gasteiger partial charge in [-0.05, 0) is 49.8 Å². The van der Waals surface area contributed by atoms with E-state index in [0.717, 1.165) is 76.0 Å². The third-order valence-electron chi connectivity index (χ3n) is 4.96. The Hall–Kier alpha value is -1.39. The minimum absolute atomic E-state index is 0. The Morgan fingerprint density at radius 1 is 1.19 bits per heavy atom. The number of hydrogen-bond donors (Lipinski definition) is 3. The van der Waals surface area contributed by atoms with E-state index >= 15 is 0 Å². The first-order valence-corrected chi connectivity index (χ1v) is 11.2. The molecule has 3 N–H and O–H groups in total. The Balaban J connectivity index is 0.00000480. The fourth-order valence-corrected chi connectivity index (χ4v) is 3.04. The lowest BCUT2D eigenvalue weighted by atomic mass is 10.0. The molecule has 0 spiro atoms. The maximum Gasteiger partial charge on any atom is 0.226 e. The van der Waals surface area contributed by atoms with Crippen LogP contribution < -0.4 is 16.0 Å². The number of anilines is 1. The van der Waals surface area contributed by atoms with E-state index in [1.54, 1.807) is 0 Å². The van der Waals surface area contributed by atoms with Gasteiger partial charge in [-0.3, -0.25) is 4.79 Å². The second-order valence-electron chi connectivity index (χ2n) is 7.95. The van der Waals surface area contributed by atoms with Gasteiger partial charge >= 0.3 is 0 Å². The summed E-state index contributed by atoms with van der Waals surface area (Å²) >= 11 is 0. The van der Waals surface area contributed by atoms with Crippen molar-refractivity contribution in [1.29, 1.82) is 0 Å². The summed E-state index contributed by atoms with van der Waals surface area (Å²) in [7, 11) is 0. The Morgan fingerprint density at radius 2 is 1.90 bits per heavy atom. The SMILES string of the molecule is CCNC(=NCc1ccc(NC(=O)C(C)C)cc1)NCCCOCC1CCOCC1.I. The first-order chi connectivity index (χ1) is 14.6. The number of aliphatic imine (C=N–C) groups is 1. The molecule has 8 heteroatoms. The summed E-state index contributed by atoms with van der Waals surface area (Å²) in [5.41, 5.74) is 1.90. The van der Waals surface area contributed by atoms with E-state index < -0.39 is 0 Å². The second-order valence-corrected chi connectivity index (χ2v) is 7.95. The van der Waals surface area contributed by atoms with Crippen molar-refractivity contribution in [2.45, 2.75) is 46.6 Å². The van der Waals surface area contributed by atoms with Gasteiger partial charge in [0.1, 0.15) is 0 Å². The van der Waals surface area contributed by atoms with E-state index in [0.29, 0.717) is 12.5 Å². The molecule has 0 unspecified atom stereocenters. The highest BCUT2D eigenvalue weighted by atomic mass is 127. The first kappa shape index (κ1) is 27.6. The average molecular weight is 546 g/mol. The van der Waals surface area contributed by atoms with Gasteiger partial charge in [-0.15, -0.1) is 24.0 Å². The van der Waals surface area contributed by atoms with Crippen molar-refractivity contribution >= 4 is 41.5 Å². The van der Waals surface area contributed by atoms with Gasteiger partial charge in [0.15, 0.2) is 5.96 Å². The van der Waals surface area contributed by atoms with Crippen molar-refractivity contribution in [2.75, 3.05) is 44.8 Å². The van der Waals surface area contributed by atoms with Crippen LogP contribution in [0.25, 0.3) is 0 Å². The Bertz CT molecular complexity index is 647. The molecular weight excluding hydrogens is 507 g/mol. The number of guanidine groups is 1. The molecule has 176 valence electrons. The van der Waals surface area contributed by atoms with Crippen LogP contribution in [0.5, 0.6) is 0 Å². The van der Waals surface area contributed by atoms with Crippen LogP contribution in [0.15, 0.2) is 29.3 Å². The second kappa shape index (κ2) is 16.3. The molecule has 1 amide bonds. The van der Waals surface area contributed by atoms with Gasteiger partial charge in [0.2, 0.25) is 5.91 Å². The van der Waals surface area contributed by atoms with Crippen LogP contribution in [-0.4, -0.2) is 51.4 Å². The van der Waals surface area contributed by atoms with Crippen LogP contribution in [0.1, 0.15) is 45.6 Å². The molecule has 1 fully saturated rings. The van der Waals surface area contributed by atoms with Crippen LogP contribution in [0, 0.1) is 11.8 Å². The van der Waals surface area contributed by atoms with E-state index in [1.165, 1.54) is 0 Å². The quantitative estimate of drug-likeness (QED) is 0.170. The van der Waals surface area contributed by atoms with Gasteiger partial charge in [0.05, 0.1) is 6.54 Å². The maximum absolute atomic E-state index is 11.8. The highest BCUT2D eigenvalue weighted by Gasteiger charge is 2.13. The topological polar surface area (TPSA) is 84.0 Å². The molecule has 2 rings (SSSR count). The smallest absolute Gasteiger partial charge is 0.226 e. The highest BCUT2D eigenvalue weighted by molar-refractivity contribution is 14.0. The minimum Gasteiger partial charge on any atom is -0.381 e. The number of carbonyl (C=O) groups excluding carboxylic acids is 1. The van der Waals surface area contributed by atoms with E-state index in [2.05, 4.69) is 27.9 Å². The van der Waals surface area contributed by atoms with Crippen LogP contribution in [0.4, 0.5) is 5.69 Å². The van der Waals surface area contributed by atoms with Gasteiger partial charge in [-0.1, -0.05) is 26.0 Å². The van der Waals surface area contributed by atoms with Crippen molar-refractivity contribution in [2.24, 2.45) is 16.8 Å². The summed E-state index contributed by atoms with van der Waals surface area (Å²) in [6, 6.07) is 7.82. The molecule has 1 aromatic carbocycles. The van der Waals surface area contributed by atoms with Gasteiger partial charge in [0, 0.05) is 51.1 Å². The third-order valence-corrected chi connectivity index (χ3v) is 4.96. The molecule has 7 nitrogen and oxygen atoms in total. The first-order valence-electron chi connectivity index (χ1n) is 11.2. The zero-order valence-electron chi connectivity index (χ0n) is 19.1. The predicted molar refractivity (Wildman–Crippen MR) is 137 cm³/mol. The molecule has 1 heterocycles. The molecule has 0 aliphatic carbocycles. The van der Waals surface area contributed by atoms with Crippen LogP contribution in [0.3, 0.4) is 0 Å². The number of carbonyl (C=O) groups is 1. The zero-order chi connectivity index (χ0) is 21.6. The summed E-state index contributed by atoms with van der Waals surface area (Å²) < 4.78 is 11.2. The van der Waals surface area contributed by atoms with Gasteiger partial charge in [0.25, 0.3) is 0 Å². The largest absolute Gasteiger partial charge is 0.381 e. The number of hydrogen-bond acceptors (Lipinski definition) is 4. The van der Waals surface area contributed by atoms with Gasteiger partial charge in [-0.25, -0.2) is 4.99 Å². The number of halogens is 1. The molecule has 1 aliphatic heterocycles. The lowest BCUT2D eigenvalue weighted by Gasteiger charge is -2.21. The fraction of sp³-hybridized carbons (Fsp3) is 0.652. The van der Waals surface area contributed by atoms with Crippen LogP contribution >= 0.6 is 24.0 Å². The van der Waals surface area contributed by atoms with E-state index in [1.807, 2.05) is 38.1 Å². The molecule has 1 aromatic rings. The lowest BCUT2D eigenvalue weighted by Crippen LogP contribution is -2.38. The van der Waals surface area contributed by atoms with Crippen molar-refractivity contribution in [3.8, 4) is 0 Å². The summed E-state index contributed by atoms with van der Waals surface area (Å²) in [4.78, 5) is 16.4. The summed E-state index contributed by atoms with van der Waals surface area (Å²) in [6.45, 7) is 11.4. The monoisotopic (exact) mass is 546 g/mol. The number of amides is 1. The lowest BCUT2D eigenvalue weighted by molar-refractivity contribution is -0.118. The third kappa shape index (κ3) is 11.7. The number of benzene rings is 1. The summed E-state index contributed by atoms with van der Waals surface area (Å²) in [5.74, 6) is 1.45. The van der Waals surface area contributed by atoms with Crippen molar-refractivity contribution in [3.05, 3.63) is 29.8 Å². The average Bonchev–Trinajstić information content (AvgIpc) is 2.76. The molecule has 31 heavy (non-hydrogen) atoms. The van der Waals surface area contributed by atoms with Crippen LogP contribution in [0.2, 0.25) is 0 Å². The molecule has 0 aromatic heterocycles. The minimum atomic E-state index is -0.0321. The number of nitrogens with zero attached hydrogens (tertiary/aromatic N) is 1. The Labute approximate surface area is 204 Å². The maximum atomic E-state index is 11.8.